The molecule has 170 valence electrons. The lowest BCUT2D eigenvalue weighted by atomic mass is 10.1. The van der Waals surface area contributed by atoms with Crippen LogP contribution in [0.3, 0.4) is 0 Å². The Balaban J connectivity index is 1.23. The lowest BCUT2D eigenvalue weighted by molar-refractivity contribution is -0.216. The molecule has 2 aliphatic heterocycles. The molecule has 33 heavy (non-hydrogen) atoms. The van der Waals surface area contributed by atoms with E-state index in [0.717, 1.165) is 28.2 Å². The Morgan fingerprint density at radius 1 is 1.09 bits per heavy atom. The molecule has 0 aliphatic carbocycles. The molecule has 10 heteroatoms. The zero-order valence-electron chi connectivity index (χ0n) is 18.3. The van der Waals surface area contributed by atoms with E-state index in [2.05, 4.69) is 19.9 Å². The number of fused-ring (bicyclic) bond motifs is 2. The van der Waals surface area contributed by atoms with Gasteiger partial charge in [-0.25, -0.2) is 9.67 Å². The zero-order chi connectivity index (χ0) is 22.6. The minimum absolute atomic E-state index is 0.339. The molecule has 4 atom stereocenters. The first kappa shape index (κ1) is 20.4. The summed E-state index contributed by atoms with van der Waals surface area (Å²) in [5.41, 5.74) is 3.43. The standard InChI is InChI=1S/C23H24N6O4/c1-23(2)32-20-19(30)18(31-22(20)33-23)13-28-11-14(26-27-28)12-29-17-9-4-3-7-15(17)25-21(29)16-8-5-6-10-24-16/h3-11,18-20,22,30H,12-13H2,1-2H3/t18-,19+,20-,22-/m1/s1. The van der Waals surface area contributed by atoms with Crippen LogP contribution in [0.2, 0.25) is 0 Å². The normalized spacial score (nSPS) is 26.2. The highest BCUT2D eigenvalue weighted by atomic mass is 16.8. The number of hydrogen-bond acceptors (Lipinski definition) is 8. The van der Waals surface area contributed by atoms with Gasteiger partial charge in [-0.05, 0) is 38.1 Å². The Labute approximate surface area is 189 Å². The largest absolute Gasteiger partial charge is 0.387 e. The van der Waals surface area contributed by atoms with E-state index in [1.165, 1.54) is 0 Å². The van der Waals surface area contributed by atoms with E-state index in [9.17, 15) is 5.11 Å². The fourth-order valence-electron chi connectivity index (χ4n) is 4.48. The van der Waals surface area contributed by atoms with E-state index in [1.807, 2.05) is 48.7 Å². The van der Waals surface area contributed by atoms with E-state index in [1.54, 1.807) is 24.7 Å². The summed E-state index contributed by atoms with van der Waals surface area (Å²) in [6.45, 7) is 4.43. The number of pyridine rings is 1. The van der Waals surface area contributed by atoms with Gasteiger partial charge >= 0.3 is 0 Å². The molecule has 1 N–H and O–H groups in total. The zero-order valence-corrected chi connectivity index (χ0v) is 18.3. The van der Waals surface area contributed by atoms with Crippen molar-refractivity contribution >= 4 is 11.0 Å². The van der Waals surface area contributed by atoms with Gasteiger partial charge in [0.05, 0.1) is 30.3 Å². The Kier molecular flexibility index (Phi) is 4.77. The second-order valence-electron chi connectivity index (χ2n) is 8.79. The summed E-state index contributed by atoms with van der Waals surface area (Å²) in [4.78, 5) is 9.26. The first-order valence-corrected chi connectivity index (χ1v) is 10.9. The van der Waals surface area contributed by atoms with Gasteiger partial charge in [0.2, 0.25) is 0 Å². The summed E-state index contributed by atoms with van der Waals surface area (Å²) in [7, 11) is 0. The molecule has 6 rings (SSSR count). The molecular formula is C23H24N6O4. The van der Waals surface area contributed by atoms with Crippen molar-refractivity contribution in [1.82, 2.24) is 29.5 Å². The summed E-state index contributed by atoms with van der Waals surface area (Å²) in [5.74, 6) is 0.00581. The summed E-state index contributed by atoms with van der Waals surface area (Å²) in [6.07, 6.45) is 1.22. The molecule has 0 saturated carbocycles. The Bertz CT molecular complexity index is 1290. The number of rotatable bonds is 5. The number of ether oxygens (including phenoxy) is 3. The van der Waals surface area contributed by atoms with Crippen molar-refractivity contribution in [3.8, 4) is 11.5 Å². The molecule has 4 aromatic rings. The minimum Gasteiger partial charge on any atom is -0.387 e. The summed E-state index contributed by atoms with van der Waals surface area (Å²) < 4.78 is 21.1. The van der Waals surface area contributed by atoms with Gasteiger partial charge in [-0.15, -0.1) is 5.10 Å². The molecule has 0 bridgehead atoms. The van der Waals surface area contributed by atoms with E-state index in [4.69, 9.17) is 19.2 Å². The lowest BCUT2D eigenvalue weighted by Crippen LogP contribution is -2.36. The molecule has 2 saturated heterocycles. The Morgan fingerprint density at radius 2 is 1.94 bits per heavy atom. The van der Waals surface area contributed by atoms with Gasteiger partial charge in [0.1, 0.15) is 29.7 Å². The SMILES string of the molecule is CC1(C)O[C@H]2O[C@H](Cn3cc(Cn4c(-c5ccccn5)nc5ccccc54)nn3)[C@H](O)[C@H]2O1. The van der Waals surface area contributed by atoms with Gasteiger partial charge in [0.25, 0.3) is 0 Å². The van der Waals surface area contributed by atoms with Crippen LogP contribution in [0, 0.1) is 0 Å². The smallest absolute Gasteiger partial charge is 0.190 e. The van der Waals surface area contributed by atoms with Crippen molar-refractivity contribution in [1.29, 1.82) is 0 Å². The van der Waals surface area contributed by atoms with Crippen molar-refractivity contribution < 1.29 is 19.3 Å². The average molecular weight is 448 g/mol. The highest BCUT2D eigenvalue weighted by Gasteiger charge is 2.54. The molecule has 3 aromatic heterocycles. The van der Waals surface area contributed by atoms with Crippen molar-refractivity contribution in [2.24, 2.45) is 0 Å². The monoisotopic (exact) mass is 448 g/mol. The topological polar surface area (TPSA) is 109 Å². The number of hydrogen-bond donors (Lipinski definition) is 1. The van der Waals surface area contributed by atoms with Crippen LogP contribution in [0.25, 0.3) is 22.6 Å². The van der Waals surface area contributed by atoms with Crippen molar-refractivity contribution in [3.05, 3.63) is 60.6 Å². The number of para-hydroxylation sites is 2. The van der Waals surface area contributed by atoms with Crippen LogP contribution in [0.4, 0.5) is 0 Å². The van der Waals surface area contributed by atoms with Crippen LogP contribution in [0.5, 0.6) is 0 Å². The number of benzene rings is 1. The summed E-state index contributed by atoms with van der Waals surface area (Å²) >= 11 is 0. The molecule has 0 radical (unpaired) electrons. The molecule has 2 aliphatic rings. The van der Waals surface area contributed by atoms with E-state index >= 15 is 0 Å². The Morgan fingerprint density at radius 3 is 2.76 bits per heavy atom. The van der Waals surface area contributed by atoms with Gasteiger partial charge in [-0.1, -0.05) is 23.4 Å². The van der Waals surface area contributed by atoms with Crippen LogP contribution >= 0.6 is 0 Å². The molecule has 0 unspecified atom stereocenters. The predicted octanol–water partition coefficient (Wildman–Crippen LogP) is 1.98. The maximum Gasteiger partial charge on any atom is 0.190 e. The van der Waals surface area contributed by atoms with Crippen LogP contribution in [-0.2, 0) is 27.3 Å². The van der Waals surface area contributed by atoms with E-state index < -0.39 is 30.4 Å². The second kappa shape index (κ2) is 7.70. The molecule has 10 nitrogen and oxygen atoms in total. The summed E-state index contributed by atoms with van der Waals surface area (Å²) in [5, 5.41) is 19.2. The highest BCUT2D eigenvalue weighted by Crippen LogP contribution is 2.37. The second-order valence-corrected chi connectivity index (χ2v) is 8.79. The fraction of sp³-hybridized carbons (Fsp3) is 0.391. The molecule has 2 fully saturated rings. The average Bonchev–Trinajstić information content (AvgIpc) is 3.54. The number of nitrogens with zero attached hydrogens (tertiary/aromatic N) is 6. The maximum absolute atomic E-state index is 10.6. The number of imidazole rings is 1. The van der Waals surface area contributed by atoms with Gasteiger partial charge in [-0.3, -0.25) is 4.98 Å². The Hall–Kier alpha value is -3.18. The number of aromatic nitrogens is 6. The molecule has 0 amide bonds. The van der Waals surface area contributed by atoms with Crippen molar-refractivity contribution in [2.45, 2.75) is 57.3 Å². The van der Waals surface area contributed by atoms with Crippen LogP contribution < -0.4 is 0 Å². The van der Waals surface area contributed by atoms with Gasteiger partial charge in [-0.2, -0.15) is 0 Å². The van der Waals surface area contributed by atoms with Gasteiger partial charge in [0.15, 0.2) is 17.9 Å². The van der Waals surface area contributed by atoms with Crippen molar-refractivity contribution in [2.75, 3.05) is 0 Å². The maximum atomic E-state index is 10.6. The van der Waals surface area contributed by atoms with E-state index in [-0.39, 0.29) is 0 Å². The predicted molar refractivity (Wildman–Crippen MR) is 117 cm³/mol. The number of aliphatic hydroxyl groups excluding tert-OH is 1. The third-order valence-electron chi connectivity index (χ3n) is 5.94. The van der Waals surface area contributed by atoms with Crippen LogP contribution in [-0.4, -0.2) is 65.0 Å². The molecule has 1 aromatic carbocycles. The third kappa shape index (κ3) is 3.70. The van der Waals surface area contributed by atoms with Gasteiger partial charge in [0, 0.05) is 6.20 Å². The van der Waals surface area contributed by atoms with Crippen molar-refractivity contribution in [3.63, 3.8) is 0 Å². The number of aliphatic hydroxyl groups is 1. The van der Waals surface area contributed by atoms with Gasteiger partial charge < -0.3 is 23.9 Å². The quantitative estimate of drug-likeness (QED) is 0.494. The lowest BCUT2D eigenvalue weighted by Gasteiger charge is -2.22. The first-order chi connectivity index (χ1) is 16.0. The first-order valence-electron chi connectivity index (χ1n) is 10.9. The summed E-state index contributed by atoms with van der Waals surface area (Å²) in [6, 6.07) is 13.7. The van der Waals surface area contributed by atoms with Crippen LogP contribution in [0.1, 0.15) is 19.5 Å². The van der Waals surface area contributed by atoms with Crippen LogP contribution in [0.15, 0.2) is 54.9 Å². The highest BCUT2D eigenvalue weighted by molar-refractivity contribution is 5.80. The molecule has 5 heterocycles. The molecular weight excluding hydrogens is 424 g/mol. The minimum atomic E-state index is -0.808. The van der Waals surface area contributed by atoms with E-state index in [0.29, 0.717) is 13.1 Å². The molecule has 0 spiro atoms. The fourth-order valence-corrected chi connectivity index (χ4v) is 4.48. The third-order valence-corrected chi connectivity index (χ3v) is 5.94.